The number of benzene rings is 1. The molecule has 0 saturated heterocycles. The van der Waals surface area contributed by atoms with Gasteiger partial charge in [-0.25, -0.2) is 0 Å². The quantitative estimate of drug-likeness (QED) is 0.864. The van der Waals surface area contributed by atoms with Crippen LogP contribution in [0, 0.1) is 0 Å². The second kappa shape index (κ2) is 6.09. The van der Waals surface area contributed by atoms with Crippen molar-refractivity contribution in [3.05, 3.63) is 48.3 Å². The first-order valence-electron chi connectivity index (χ1n) is 6.43. The summed E-state index contributed by atoms with van der Waals surface area (Å²) in [7, 11) is 0. The van der Waals surface area contributed by atoms with Crippen molar-refractivity contribution < 1.29 is 4.79 Å². The molecule has 1 aromatic heterocycles. The van der Waals surface area contributed by atoms with Crippen LogP contribution >= 0.6 is 0 Å². The molecule has 0 bridgehead atoms. The summed E-state index contributed by atoms with van der Waals surface area (Å²) >= 11 is 0. The Morgan fingerprint density at radius 1 is 1.16 bits per heavy atom. The van der Waals surface area contributed by atoms with Gasteiger partial charge < -0.3 is 15.2 Å². The monoisotopic (exact) mass is 257 g/mol. The highest BCUT2D eigenvalue weighted by molar-refractivity contribution is 5.88. The Kier molecular flexibility index (Phi) is 4.23. The van der Waals surface area contributed by atoms with E-state index < -0.39 is 0 Å². The summed E-state index contributed by atoms with van der Waals surface area (Å²) in [4.78, 5) is 10.9. The van der Waals surface area contributed by atoms with Gasteiger partial charge in [0.15, 0.2) is 0 Å². The Morgan fingerprint density at radius 3 is 2.42 bits per heavy atom. The van der Waals surface area contributed by atoms with Crippen molar-refractivity contribution in [3.8, 4) is 0 Å². The zero-order chi connectivity index (χ0) is 13.7. The molecule has 0 spiro atoms. The van der Waals surface area contributed by atoms with Gasteiger partial charge in [-0.15, -0.1) is 0 Å². The fraction of sp³-hybridized carbons (Fsp3) is 0.267. The molecule has 1 amide bonds. The molecule has 4 nitrogen and oxygen atoms in total. The number of anilines is 2. The summed E-state index contributed by atoms with van der Waals surface area (Å²) < 4.78 is 2.15. The van der Waals surface area contributed by atoms with E-state index in [0.29, 0.717) is 0 Å². The first kappa shape index (κ1) is 13.2. The van der Waals surface area contributed by atoms with Crippen LogP contribution in [-0.2, 0) is 17.9 Å². The minimum absolute atomic E-state index is 0.0541. The number of carbonyl (C=O) groups is 1. The fourth-order valence-corrected chi connectivity index (χ4v) is 1.87. The molecule has 19 heavy (non-hydrogen) atoms. The van der Waals surface area contributed by atoms with Crippen LogP contribution in [0.3, 0.4) is 0 Å². The lowest BCUT2D eigenvalue weighted by molar-refractivity contribution is -0.114. The molecule has 0 unspecified atom stereocenters. The molecule has 0 aliphatic heterocycles. The van der Waals surface area contributed by atoms with E-state index in [1.807, 2.05) is 24.3 Å². The number of carbonyl (C=O) groups excluding carboxylic acids is 1. The molecule has 2 rings (SSSR count). The third-order valence-electron chi connectivity index (χ3n) is 2.88. The smallest absolute Gasteiger partial charge is 0.221 e. The Hall–Kier alpha value is -2.23. The van der Waals surface area contributed by atoms with Gasteiger partial charge in [-0.3, -0.25) is 4.79 Å². The predicted molar refractivity (Wildman–Crippen MR) is 78.2 cm³/mol. The summed E-state index contributed by atoms with van der Waals surface area (Å²) in [5.41, 5.74) is 3.11. The fourth-order valence-electron chi connectivity index (χ4n) is 1.87. The minimum Gasteiger partial charge on any atom is -0.381 e. The lowest BCUT2D eigenvalue weighted by Gasteiger charge is -2.07. The van der Waals surface area contributed by atoms with Gasteiger partial charge in [-0.05, 0) is 42.8 Å². The van der Waals surface area contributed by atoms with Crippen LogP contribution in [0.2, 0.25) is 0 Å². The number of amides is 1. The van der Waals surface area contributed by atoms with Crippen LogP contribution in [0.25, 0.3) is 0 Å². The molecule has 0 atom stereocenters. The molecule has 100 valence electrons. The van der Waals surface area contributed by atoms with E-state index in [1.54, 1.807) is 0 Å². The van der Waals surface area contributed by atoms with Crippen molar-refractivity contribution in [2.45, 2.75) is 26.9 Å². The number of rotatable bonds is 5. The summed E-state index contributed by atoms with van der Waals surface area (Å²) in [5.74, 6) is -0.0541. The molecule has 1 aromatic carbocycles. The summed E-state index contributed by atoms with van der Waals surface area (Å²) in [5, 5.41) is 6.10. The van der Waals surface area contributed by atoms with E-state index in [9.17, 15) is 4.79 Å². The molecule has 1 heterocycles. The van der Waals surface area contributed by atoms with Crippen LogP contribution in [0.1, 0.15) is 19.4 Å². The Bertz CT molecular complexity index is 543. The summed E-state index contributed by atoms with van der Waals surface area (Å²) in [6.07, 6.45) is 4.22. The lowest BCUT2D eigenvalue weighted by atomic mass is 10.2. The number of hydrogen-bond donors (Lipinski definition) is 2. The average molecular weight is 257 g/mol. The lowest BCUT2D eigenvalue weighted by Crippen LogP contribution is -2.05. The second-order valence-electron chi connectivity index (χ2n) is 4.46. The van der Waals surface area contributed by atoms with E-state index in [0.717, 1.165) is 24.5 Å². The van der Waals surface area contributed by atoms with Crippen molar-refractivity contribution in [3.63, 3.8) is 0 Å². The van der Waals surface area contributed by atoms with Crippen LogP contribution in [0.5, 0.6) is 0 Å². The second-order valence-corrected chi connectivity index (χ2v) is 4.46. The molecule has 0 aliphatic rings. The van der Waals surface area contributed by atoms with Gasteiger partial charge in [0.05, 0.1) is 0 Å². The third-order valence-corrected chi connectivity index (χ3v) is 2.88. The molecular formula is C15H19N3O. The standard InChI is InChI=1S/C15H19N3O/c1-3-18-9-8-13(11-18)10-16-14-4-6-15(7-5-14)17-12(2)19/h4-9,11,16H,3,10H2,1-2H3,(H,17,19). The minimum atomic E-state index is -0.0541. The van der Waals surface area contributed by atoms with Crippen LogP contribution in [0.15, 0.2) is 42.7 Å². The number of nitrogens with one attached hydrogen (secondary N) is 2. The maximum atomic E-state index is 10.9. The van der Waals surface area contributed by atoms with Gasteiger partial charge in [0.2, 0.25) is 5.91 Å². The third kappa shape index (κ3) is 3.88. The molecule has 2 aromatic rings. The van der Waals surface area contributed by atoms with Gasteiger partial charge in [0.1, 0.15) is 0 Å². The van der Waals surface area contributed by atoms with E-state index in [4.69, 9.17) is 0 Å². The van der Waals surface area contributed by atoms with Crippen molar-refractivity contribution >= 4 is 17.3 Å². The Labute approximate surface area is 113 Å². The van der Waals surface area contributed by atoms with E-state index in [1.165, 1.54) is 12.5 Å². The van der Waals surface area contributed by atoms with Gasteiger partial charge >= 0.3 is 0 Å². The highest BCUT2D eigenvalue weighted by Crippen LogP contribution is 2.14. The van der Waals surface area contributed by atoms with Crippen molar-refractivity contribution in [1.29, 1.82) is 0 Å². The van der Waals surface area contributed by atoms with Crippen molar-refractivity contribution in [2.24, 2.45) is 0 Å². The van der Waals surface area contributed by atoms with E-state index in [2.05, 4.69) is 40.6 Å². The number of nitrogens with zero attached hydrogens (tertiary/aromatic N) is 1. The molecular weight excluding hydrogens is 238 g/mol. The molecule has 0 saturated carbocycles. The van der Waals surface area contributed by atoms with E-state index >= 15 is 0 Å². The number of aromatic nitrogens is 1. The van der Waals surface area contributed by atoms with Crippen molar-refractivity contribution in [2.75, 3.05) is 10.6 Å². The van der Waals surface area contributed by atoms with Gasteiger partial charge in [-0.2, -0.15) is 0 Å². The molecule has 4 heteroatoms. The van der Waals surface area contributed by atoms with Gasteiger partial charge in [-0.1, -0.05) is 0 Å². The molecule has 0 fully saturated rings. The topological polar surface area (TPSA) is 46.1 Å². The summed E-state index contributed by atoms with van der Waals surface area (Å²) in [6, 6.07) is 9.81. The highest BCUT2D eigenvalue weighted by atomic mass is 16.1. The Balaban J connectivity index is 1.90. The van der Waals surface area contributed by atoms with Crippen LogP contribution in [0.4, 0.5) is 11.4 Å². The number of hydrogen-bond acceptors (Lipinski definition) is 2. The van der Waals surface area contributed by atoms with Crippen LogP contribution < -0.4 is 10.6 Å². The summed E-state index contributed by atoms with van der Waals surface area (Å²) in [6.45, 7) is 5.42. The van der Waals surface area contributed by atoms with Gasteiger partial charge in [0, 0.05) is 43.8 Å². The maximum Gasteiger partial charge on any atom is 0.221 e. The van der Waals surface area contributed by atoms with Crippen LogP contribution in [-0.4, -0.2) is 10.5 Å². The average Bonchev–Trinajstić information content (AvgIpc) is 2.85. The SMILES string of the molecule is CCn1ccc(CNc2ccc(NC(C)=O)cc2)c1. The van der Waals surface area contributed by atoms with E-state index in [-0.39, 0.29) is 5.91 Å². The first-order valence-corrected chi connectivity index (χ1v) is 6.43. The first-order chi connectivity index (χ1) is 9.17. The highest BCUT2D eigenvalue weighted by Gasteiger charge is 1.98. The number of aryl methyl sites for hydroxylation is 1. The Morgan fingerprint density at radius 2 is 1.84 bits per heavy atom. The normalized spacial score (nSPS) is 10.2. The van der Waals surface area contributed by atoms with Crippen molar-refractivity contribution in [1.82, 2.24) is 4.57 Å². The predicted octanol–water partition coefficient (Wildman–Crippen LogP) is 3.08. The molecule has 0 aliphatic carbocycles. The zero-order valence-corrected chi connectivity index (χ0v) is 11.3. The molecule has 2 N–H and O–H groups in total. The molecule has 0 radical (unpaired) electrons. The largest absolute Gasteiger partial charge is 0.381 e. The maximum absolute atomic E-state index is 10.9. The van der Waals surface area contributed by atoms with Gasteiger partial charge in [0.25, 0.3) is 0 Å². The zero-order valence-electron chi connectivity index (χ0n) is 11.3.